The van der Waals surface area contributed by atoms with Crippen molar-refractivity contribution < 1.29 is 9.13 Å². The molecule has 1 heterocycles. The topological polar surface area (TPSA) is 85.1 Å². The van der Waals surface area contributed by atoms with Gasteiger partial charge in [0.25, 0.3) is 0 Å². The fourth-order valence-corrected chi connectivity index (χ4v) is 2.43. The zero-order valence-electron chi connectivity index (χ0n) is 12.4. The summed E-state index contributed by atoms with van der Waals surface area (Å²) in [6.45, 7) is 2.53. The van der Waals surface area contributed by atoms with Crippen molar-refractivity contribution in [3.05, 3.63) is 57.6 Å². The molecule has 1 N–H and O–H groups in total. The van der Waals surface area contributed by atoms with Gasteiger partial charge in [0, 0.05) is 18.9 Å². The first-order valence-corrected chi connectivity index (χ1v) is 8.31. The van der Waals surface area contributed by atoms with Crippen molar-refractivity contribution in [3.63, 3.8) is 0 Å². The van der Waals surface area contributed by atoms with Gasteiger partial charge in [-0.3, -0.25) is 14.3 Å². The molecule has 1 aromatic heterocycles. The van der Waals surface area contributed by atoms with Gasteiger partial charge in [-0.25, -0.2) is 4.98 Å². The Morgan fingerprint density at radius 2 is 1.91 bits per heavy atom. The number of rotatable bonds is 6. The third-order valence-corrected chi connectivity index (χ3v) is 3.98. The lowest BCUT2D eigenvalue weighted by atomic mass is 10.1. The Labute approximate surface area is 131 Å². The zero-order chi connectivity index (χ0) is 16.1. The quantitative estimate of drug-likeness (QED) is 0.653. The van der Waals surface area contributed by atoms with Crippen LogP contribution in [0.3, 0.4) is 0 Å². The molecule has 0 bridgehead atoms. The summed E-state index contributed by atoms with van der Waals surface area (Å²) in [7, 11) is -1.28. The summed E-state index contributed by atoms with van der Waals surface area (Å²) in [5.41, 5.74) is 2.21. The van der Waals surface area contributed by atoms with Gasteiger partial charge < -0.3 is 5.32 Å². The molecule has 22 heavy (non-hydrogen) atoms. The van der Waals surface area contributed by atoms with Crippen molar-refractivity contribution in [1.82, 2.24) is 4.98 Å². The summed E-state index contributed by atoms with van der Waals surface area (Å²) in [4.78, 5) is 14.6. The number of pyridine rings is 1. The smallest absolute Gasteiger partial charge is 0.311 e. The Kier molecular flexibility index (Phi) is 5.21. The predicted molar refractivity (Wildman–Crippen MR) is 86.6 cm³/mol. The number of aromatic nitrogens is 1. The standard InChI is InChI=1S/C15H17N3O3S/c1-11-3-5-12(6-4-11)9-10-16-15-13(18(19)20)7-8-14(17-15)22(2)21/h3-8H,9-10H2,1-2H3,(H,16,17). The van der Waals surface area contributed by atoms with E-state index in [4.69, 9.17) is 0 Å². The number of anilines is 1. The minimum absolute atomic E-state index is 0.113. The molecular weight excluding hydrogens is 302 g/mol. The number of aryl methyl sites for hydroxylation is 1. The molecule has 0 radical (unpaired) electrons. The second-order valence-corrected chi connectivity index (χ2v) is 6.22. The first kappa shape index (κ1) is 16.1. The monoisotopic (exact) mass is 319 g/mol. The van der Waals surface area contributed by atoms with E-state index in [2.05, 4.69) is 10.3 Å². The van der Waals surface area contributed by atoms with Crippen molar-refractivity contribution in [3.8, 4) is 0 Å². The molecular formula is C15H17N3O3S. The molecule has 0 saturated carbocycles. The highest BCUT2D eigenvalue weighted by atomic mass is 32.2. The van der Waals surface area contributed by atoms with Crippen LogP contribution in [0.5, 0.6) is 0 Å². The third kappa shape index (κ3) is 4.11. The molecule has 2 aromatic rings. The Morgan fingerprint density at radius 3 is 2.50 bits per heavy atom. The van der Waals surface area contributed by atoms with Crippen molar-refractivity contribution in [2.24, 2.45) is 0 Å². The maximum atomic E-state index is 11.5. The summed E-state index contributed by atoms with van der Waals surface area (Å²) in [5, 5.41) is 14.3. The highest BCUT2D eigenvalue weighted by molar-refractivity contribution is 7.84. The maximum absolute atomic E-state index is 11.5. The van der Waals surface area contributed by atoms with Gasteiger partial charge in [0.05, 0.1) is 15.7 Å². The van der Waals surface area contributed by atoms with Crippen LogP contribution in [0.1, 0.15) is 11.1 Å². The molecule has 0 spiro atoms. The number of hydrogen-bond acceptors (Lipinski definition) is 5. The van der Waals surface area contributed by atoms with Crippen molar-refractivity contribution in [2.75, 3.05) is 18.1 Å². The zero-order valence-corrected chi connectivity index (χ0v) is 13.2. The lowest BCUT2D eigenvalue weighted by Crippen LogP contribution is -2.10. The summed E-state index contributed by atoms with van der Waals surface area (Å²) in [6.07, 6.45) is 2.21. The molecule has 7 heteroatoms. The summed E-state index contributed by atoms with van der Waals surface area (Å²) < 4.78 is 11.5. The third-order valence-electron chi connectivity index (χ3n) is 3.17. The van der Waals surface area contributed by atoms with Gasteiger partial charge >= 0.3 is 5.69 Å². The molecule has 116 valence electrons. The first-order chi connectivity index (χ1) is 10.5. The molecule has 0 fully saturated rings. The van der Waals surface area contributed by atoms with Gasteiger partial charge in [-0.15, -0.1) is 0 Å². The van der Waals surface area contributed by atoms with E-state index in [1.165, 1.54) is 24.0 Å². The van der Waals surface area contributed by atoms with E-state index >= 15 is 0 Å². The lowest BCUT2D eigenvalue weighted by Gasteiger charge is -2.08. The van der Waals surface area contributed by atoms with Crippen molar-refractivity contribution in [1.29, 1.82) is 0 Å². The molecule has 0 aliphatic rings. The Bertz CT molecular complexity index is 702. The number of hydrogen-bond donors (Lipinski definition) is 1. The molecule has 0 saturated heterocycles. The van der Waals surface area contributed by atoms with E-state index in [0.717, 1.165) is 12.0 Å². The van der Waals surface area contributed by atoms with Crippen LogP contribution in [0.25, 0.3) is 0 Å². The van der Waals surface area contributed by atoms with Crippen LogP contribution in [0.4, 0.5) is 11.5 Å². The fraction of sp³-hybridized carbons (Fsp3) is 0.267. The van der Waals surface area contributed by atoms with Gasteiger partial charge in [-0.1, -0.05) is 29.8 Å². The van der Waals surface area contributed by atoms with Gasteiger partial charge in [0.15, 0.2) is 0 Å². The van der Waals surface area contributed by atoms with E-state index in [9.17, 15) is 14.3 Å². The second kappa shape index (κ2) is 7.13. The Morgan fingerprint density at radius 1 is 1.23 bits per heavy atom. The summed E-state index contributed by atoms with van der Waals surface area (Å²) in [5.74, 6) is 0.157. The lowest BCUT2D eigenvalue weighted by molar-refractivity contribution is -0.384. The second-order valence-electron chi connectivity index (χ2n) is 4.89. The number of nitrogens with one attached hydrogen (secondary N) is 1. The van der Waals surface area contributed by atoms with Gasteiger partial charge in [0.1, 0.15) is 5.03 Å². The van der Waals surface area contributed by atoms with Crippen LogP contribution in [-0.4, -0.2) is 26.9 Å². The number of nitrogens with zero attached hydrogens (tertiary/aromatic N) is 2. The van der Waals surface area contributed by atoms with E-state index in [1.807, 2.05) is 31.2 Å². The van der Waals surface area contributed by atoms with Crippen LogP contribution < -0.4 is 5.32 Å². The highest BCUT2D eigenvalue weighted by Crippen LogP contribution is 2.23. The summed E-state index contributed by atoms with van der Waals surface area (Å²) in [6, 6.07) is 10.8. The van der Waals surface area contributed by atoms with Crippen LogP contribution in [0.2, 0.25) is 0 Å². The average Bonchev–Trinajstić information content (AvgIpc) is 2.49. The van der Waals surface area contributed by atoms with E-state index in [1.54, 1.807) is 0 Å². The molecule has 1 aromatic carbocycles. The van der Waals surface area contributed by atoms with Crippen LogP contribution in [0.15, 0.2) is 41.4 Å². The van der Waals surface area contributed by atoms with Gasteiger partial charge in [-0.05, 0) is 25.0 Å². The van der Waals surface area contributed by atoms with Gasteiger partial charge in [0.2, 0.25) is 5.82 Å². The predicted octanol–water partition coefficient (Wildman–Crippen LogP) is 2.69. The molecule has 1 atom stereocenters. The molecule has 1 unspecified atom stereocenters. The van der Waals surface area contributed by atoms with Crippen molar-refractivity contribution >= 4 is 22.3 Å². The van der Waals surface area contributed by atoms with E-state index < -0.39 is 15.7 Å². The Hall–Kier alpha value is -2.28. The number of nitro groups is 1. The normalized spacial score (nSPS) is 11.9. The molecule has 0 amide bonds. The van der Waals surface area contributed by atoms with E-state index in [0.29, 0.717) is 11.6 Å². The van der Waals surface area contributed by atoms with Crippen LogP contribution in [0, 0.1) is 17.0 Å². The van der Waals surface area contributed by atoms with Crippen molar-refractivity contribution in [2.45, 2.75) is 18.4 Å². The molecule has 6 nitrogen and oxygen atoms in total. The molecule has 0 aliphatic carbocycles. The highest BCUT2D eigenvalue weighted by Gasteiger charge is 2.16. The molecule has 2 rings (SSSR count). The average molecular weight is 319 g/mol. The van der Waals surface area contributed by atoms with Gasteiger partial charge in [-0.2, -0.15) is 0 Å². The Balaban J connectivity index is 2.10. The summed E-state index contributed by atoms with van der Waals surface area (Å²) >= 11 is 0. The first-order valence-electron chi connectivity index (χ1n) is 6.75. The number of benzene rings is 1. The minimum Gasteiger partial charge on any atom is -0.364 e. The fourth-order valence-electron chi connectivity index (χ4n) is 1.95. The maximum Gasteiger partial charge on any atom is 0.311 e. The largest absolute Gasteiger partial charge is 0.364 e. The van der Waals surface area contributed by atoms with Crippen LogP contribution in [-0.2, 0) is 17.2 Å². The minimum atomic E-state index is -1.28. The van der Waals surface area contributed by atoms with E-state index in [-0.39, 0.29) is 11.5 Å². The molecule has 0 aliphatic heterocycles. The SMILES string of the molecule is Cc1ccc(CCNc2nc(S(C)=O)ccc2[N+](=O)[O-])cc1. The van der Waals surface area contributed by atoms with Crippen LogP contribution >= 0.6 is 0 Å².